The highest BCUT2D eigenvalue weighted by Gasteiger charge is 2.35. The molecule has 8 heteroatoms. The Morgan fingerprint density at radius 1 is 1.22 bits per heavy atom. The van der Waals surface area contributed by atoms with Crippen LogP contribution >= 0.6 is 0 Å². The highest BCUT2D eigenvalue weighted by atomic mass is 16.6. The Morgan fingerprint density at radius 2 is 1.93 bits per heavy atom. The van der Waals surface area contributed by atoms with Gasteiger partial charge in [0, 0.05) is 37.8 Å². The van der Waals surface area contributed by atoms with Crippen LogP contribution in [-0.2, 0) is 14.3 Å². The van der Waals surface area contributed by atoms with Gasteiger partial charge in [-0.3, -0.25) is 9.59 Å². The summed E-state index contributed by atoms with van der Waals surface area (Å²) in [6, 6.07) is 7.18. The fourth-order valence-electron chi connectivity index (χ4n) is 2.72. The van der Waals surface area contributed by atoms with Gasteiger partial charge in [-0.15, -0.1) is 0 Å². The molecule has 2 rings (SSSR count). The molecule has 1 saturated heterocycles. The minimum absolute atomic E-state index is 0.102. The Labute approximate surface area is 159 Å². The second-order valence-corrected chi connectivity index (χ2v) is 7.33. The number of carbonyl (C=O) groups is 3. The van der Waals surface area contributed by atoms with Crippen LogP contribution in [0, 0.1) is 5.92 Å². The molecule has 1 heterocycles. The molecule has 0 bridgehead atoms. The summed E-state index contributed by atoms with van der Waals surface area (Å²) in [4.78, 5) is 37.7. The predicted molar refractivity (Wildman–Crippen MR) is 101 cm³/mol. The van der Waals surface area contributed by atoms with Crippen molar-refractivity contribution >= 4 is 23.6 Å². The van der Waals surface area contributed by atoms with Gasteiger partial charge in [0.25, 0.3) is 0 Å². The van der Waals surface area contributed by atoms with E-state index in [2.05, 4.69) is 10.6 Å². The standard InChI is InChI=1S/C19H27N3O5/c1-19(2,3)27-18(25)21-9-8-20-17(24)13-10-16(23)22(12-13)14-6-5-7-15(11-14)26-4/h5-7,11,13H,8-10,12H2,1-4H3,(H,20,24)(H,21,25)/t13-/m1/s1. The topological polar surface area (TPSA) is 97.0 Å². The van der Waals surface area contributed by atoms with Crippen LogP contribution in [0.3, 0.4) is 0 Å². The Balaban J connectivity index is 1.79. The number of hydrogen-bond acceptors (Lipinski definition) is 5. The molecule has 8 nitrogen and oxygen atoms in total. The van der Waals surface area contributed by atoms with Crippen LogP contribution in [0.5, 0.6) is 5.75 Å². The van der Waals surface area contributed by atoms with Gasteiger partial charge < -0.3 is 25.0 Å². The summed E-state index contributed by atoms with van der Waals surface area (Å²) in [7, 11) is 1.56. The monoisotopic (exact) mass is 377 g/mol. The van der Waals surface area contributed by atoms with Crippen molar-refractivity contribution in [3.63, 3.8) is 0 Å². The lowest BCUT2D eigenvalue weighted by Crippen LogP contribution is -2.40. The van der Waals surface area contributed by atoms with Gasteiger partial charge >= 0.3 is 6.09 Å². The maximum absolute atomic E-state index is 12.3. The third-order valence-electron chi connectivity index (χ3n) is 3.95. The number of rotatable bonds is 6. The molecule has 0 aliphatic carbocycles. The van der Waals surface area contributed by atoms with Crippen molar-refractivity contribution in [1.82, 2.24) is 10.6 Å². The van der Waals surface area contributed by atoms with E-state index in [1.165, 1.54) is 0 Å². The van der Waals surface area contributed by atoms with Gasteiger partial charge in [0.05, 0.1) is 13.0 Å². The summed E-state index contributed by atoms with van der Waals surface area (Å²) in [6.45, 7) is 6.17. The van der Waals surface area contributed by atoms with Crippen molar-refractivity contribution in [2.75, 3.05) is 31.6 Å². The number of nitrogens with one attached hydrogen (secondary N) is 2. The summed E-state index contributed by atoms with van der Waals surface area (Å²) >= 11 is 0. The molecule has 1 aliphatic rings. The molecule has 27 heavy (non-hydrogen) atoms. The van der Waals surface area contributed by atoms with Crippen LogP contribution in [0.15, 0.2) is 24.3 Å². The van der Waals surface area contributed by atoms with Gasteiger partial charge in [0.15, 0.2) is 0 Å². The van der Waals surface area contributed by atoms with Crippen molar-refractivity contribution in [3.05, 3.63) is 24.3 Å². The number of anilines is 1. The number of benzene rings is 1. The van der Waals surface area contributed by atoms with Gasteiger partial charge in [-0.1, -0.05) is 6.07 Å². The van der Waals surface area contributed by atoms with E-state index in [4.69, 9.17) is 9.47 Å². The normalized spacial score (nSPS) is 16.8. The molecule has 1 atom stereocenters. The lowest BCUT2D eigenvalue weighted by atomic mass is 10.1. The molecule has 1 fully saturated rings. The maximum atomic E-state index is 12.3. The Bertz CT molecular complexity index is 699. The number of ether oxygens (including phenoxy) is 2. The SMILES string of the molecule is COc1cccc(N2C[C@H](C(=O)NCCNC(=O)OC(C)(C)C)CC2=O)c1. The molecule has 1 aromatic rings. The van der Waals surface area contributed by atoms with E-state index in [1.54, 1.807) is 51.0 Å². The number of nitrogens with zero attached hydrogens (tertiary/aromatic N) is 1. The van der Waals surface area contributed by atoms with E-state index in [0.717, 1.165) is 0 Å². The zero-order chi connectivity index (χ0) is 20.0. The van der Waals surface area contributed by atoms with Crippen LogP contribution < -0.4 is 20.3 Å². The van der Waals surface area contributed by atoms with Gasteiger partial charge in [-0.05, 0) is 32.9 Å². The molecule has 1 aliphatic heterocycles. The lowest BCUT2D eigenvalue weighted by Gasteiger charge is -2.20. The molecular formula is C19H27N3O5. The fourth-order valence-corrected chi connectivity index (χ4v) is 2.72. The first-order chi connectivity index (χ1) is 12.7. The van der Waals surface area contributed by atoms with Gasteiger partial charge in [0.1, 0.15) is 11.4 Å². The number of alkyl carbamates (subject to hydrolysis) is 1. The zero-order valence-corrected chi connectivity index (χ0v) is 16.2. The van der Waals surface area contributed by atoms with Crippen LogP contribution in [-0.4, -0.2) is 50.3 Å². The smallest absolute Gasteiger partial charge is 0.407 e. The summed E-state index contributed by atoms with van der Waals surface area (Å²) < 4.78 is 10.3. The van der Waals surface area contributed by atoms with Gasteiger partial charge in [-0.25, -0.2) is 4.79 Å². The minimum atomic E-state index is -0.568. The van der Waals surface area contributed by atoms with E-state index >= 15 is 0 Å². The second-order valence-electron chi connectivity index (χ2n) is 7.33. The van der Waals surface area contributed by atoms with Crippen molar-refractivity contribution in [2.45, 2.75) is 32.8 Å². The van der Waals surface area contributed by atoms with Gasteiger partial charge in [-0.2, -0.15) is 0 Å². The van der Waals surface area contributed by atoms with Crippen LogP contribution in [0.4, 0.5) is 10.5 Å². The third kappa shape index (κ3) is 6.16. The lowest BCUT2D eigenvalue weighted by molar-refractivity contribution is -0.126. The van der Waals surface area contributed by atoms with Crippen molar-refractivity contribution in [2.24, 2.45) is 5.92 Å². The van der Waals surface area contributed by atoms with Crippen molar-refractivity contribution in [3.8, 4) is 5.75 Å². The minimum Gasteiger partial charge on any atom is -0.497 e. The number of carbonyl (C=O) groups excluding carboxylic acids is 3. The quantitative estimate of drug-likeness (QED) is 0.736. The van der Waals surface area contributed by atoms with Crippen LogP contribution in [0.25, 0.3) is 0 Å². The predicted octanol–water partition coefficient (Wildman–Crippen LogP) is 1.69. The highest BCUT2D eigenvalue weighted by Crippen LogP contribution is 2.27. The Kier molecular flexibility index (Phi) is 6.65. The van der Waals surface area contributed by atoms with E-state index in [1.807, 2.05) is 6.07 Å². The first kappa shape index (κ1) is 20.5. The molecule has 0 aromatic heterocycles. The third-order valence-corrected chi connectivity index (χ3v) is 3.95. The second kappa shape index (κ2) is 8.75. The van der Waals surface area contributed by atoms with Crippen LogP contribution in [0.1, 0.15) is 27.2 Å². The number of amides is 3. The zero-order valence-electron chi connectivity index (χ0n) is 16.2. The summed E-state index contributed by atoms with van der Waals surface area (Å²) in [6.07, 6.45) is -0.375. The molecule has 0 unspecified atom stereocenters. The number of hydrogen-bond donors (Lipinski definition) is 2. The molecule has 148 valence electrons. The summed E-state index contributed by atoms with van der Waals surface area (Å²) in [5.41, 5.74) is 0.141. The largest absolute Gasteiger partial charge is 0.497 e. The van der Waals surface area contributed by atoms with Crippen LogP contribution in [0.2, 0.25) is 0 Å². The Hall–Kier alpha value is -2.77. The highest BCUT2D eigenvalue weighted by molar-refractivity contribution is 6.00. The molecular weight excluding hydrogens is 350 g/mol. The van der Waals surface area contributed by atoms with E-state index in [-0.39, 0.29) is 31.3 Å². The number of methoxy groups -OCH3 is 1. The molecule has 0 radical (unpaired) electrons. The molecule has 0 spiro atoms. The molecule has 0 saturated carbocycles. The molecule has 1 aromatic carbocycles. The first-order valence-electron chi connectivity index (χ1n) is 8.88. The van der Waals surface area contributed by atoms with Crippen molar-refractivity contribution < 1.29 is 23.9 Å². The average Bonchev–Trinajstić information content (AvgIpc) is 2.99. The molecule has 2 N–H and O–H groups in total. The molecule has 3 amide bonds. The summed E-state index contributed by atoms with van der Waals surface area (Å²) in [5.74, 6) is -0.0818. The van der Waals surface area contributed by atoms with Gasteiger partial charge in [0.2, 0.25) is 11.8 Å². The average molecular weight is 377 g/mol. The van der Waals surface area contributed by atoms with Crippen molar-refractivity contribution in [1.29, 1.82) is 0 Å². The first-order valence-corrected chi connectivity index (χ1v) is 8.88. The van der Waals surface area contributed by atoms with E-state index in [0.29, 0.717) is 18.0 Å². The van der Waals surface area contributed by atoms with E-state index < -0.39 is 17.6 Å². The maximum Gasteiger partial charge on any atom is 0.407 e. The Morgan fingerprint density at radius 3 is 2.59 bits per heavy atom. The fraction of sp³-hybridized carbons (Fsp3) is 0.526. The summed E-state index contributed by atoms with van der Waals surface area (Å²) in [5, 5.41) is 5.32. The van der Waals surface area contributed by atoms with E-state index in [9.17, 15) is 14.4 Å².